The number of hydrogen-bond acceptors (Lipinski definition) is 4. The number of rotatable bonds is 9. The van der Waals surface area contributed by atoms with Gasteiger partial charge in [0.1, 0.15) is 12.4 Å². The smallest absolute Gasteiger partial charge is 0.230 e. The minimum Gasteiger partial charge on any atom is -0.493 e. The molecule has 1 aliphatic heterocycles. The van der Waals surface area contributed by atoms with E-state index in [-0.39, 0.29) is 11.4 Å². The quantitative estimate of drug-likeness (QED) is 0.464. The van der Waals surface area contributed by atoms with Gasteiger partial charge in [-0.2, -0.15) is 0 Å². The average molecular weight is 451 g/mol. The van der Waals surface area contributed by atoms with Gasteiger partial charge >= 0.3 is 0 Å². The molecule has 3 rings (SSSR count). The molecule has 0 atom stereocenters. The Morgan fingerprint density at radius 3 is 2.55 bits per heavy atom. The molecule has 33 heavy (non-hydrogen) atoms. The van der Waals surface area contributed by atoms with Gasteiger partial charge in [0.05, 0.1) is 12.1 Å². The highest BCUT2D eigenvalue weighted by Crippen LogP contribution is 2.28. The van der Waals surface area contributed by atoms with E-state index in [9.17, 15) is 4.79 Å². The molecule has 2 aromatic carbocycles. The number of nitrogens with one attached hydrogen (secondary N) is 1. The van der Waals surface area contributed by atoms with Gasteiger partial charge in [-0.05, 0) is 81.8 Å². The molecule has 0 radical (unpaired) electrons. The number of aryl methyl sites for hydroxylation is 3. The number of carbonyl (C=O) groups excluding carboxylic acids is 1. The van der Waals surface area contributed by atoms with Gasteiger partial charge in [-0.1, -0.05) is 38.1 Å². The van der Waals surface area contributed by atoms with E-state index in [0.29, 0.717) is 19.6 Å². The van der Waals surface area contributed by atoms with Crippen LogP contribution < -0.4 is 10.1 Å². The Kier molecular flexibility index (Phi) is 7.51. The number of carbonyl (C=O) groups is 1. The highest BCUT2D eigenvalue weighted by molar-refractivity contribution is 5.95. The lowest BCUT2D eigenvalue weighted by molar-refractivity contribution is -0.124. The van der Waals surface area contributed by atoms with Crippen LogP contribution in [0.25, 0.3) is 0 Å². The Balaban J connectivity index is 1.56. The Labute approximate surface area is 198 Å². The summed E-state index contributed by atoms with van der Waals surface area (Å²) in [4.78, 5) is 17.7. The Bertz CT molecular complexity index is 1040. The third-order valence-corrected chi connectivity index (χ3v) is 6.09. The van der Waals surface area contributed by atoms with Crippen LogP contribution in [0.5, 0.6) is 5.75 Å². The van der Waals surface area contributed by atoms with Crippen molar-refractivity contribution in [3.63, 3.8) is 0 Å². The molecule has 0 saturated heterocycles. The first-order valence-corrected chi connectivity index (χ1v) is 11.8. The van der Waals surface area contributed by atoms with Crippen molar-refractivity contribution in [1.82, 2.24) is 0 Å². The summed E-state index contributed by atoms with van der Waals surface area (Å²) < 4.78 is 11.7. The van der Waals surface area contributed by atoms with Crippen LogP contribution in [0.3, 0.4) is 0 Å². The minimum absolute atomic E-state index is 0.0186. The summed E-state index contributed by atoms with van der Waals surface area (Å²) in [5, 5.41) is 3.15. The summed E-state index contributed by atoms with van der Waals surface area (Å²) in [6.07, 6.45) is 2.17. The SMILES string of the molecule is Cc1ccc(C)c(OCCCC(C)(C)C(=O)Nc2cc(CC3=NC(C)(C)CO3)ccc2C)c1. The van der Waals surface area contributed by atoms with E-state index in [0.717, 1.165) is 46.9 Å². The summed E-state index contributed by atoms with van der Waals surface area (Å²) in [5.41, 5.74) is 4.60. The normalized spacial score (nSPS) is 15.1. The number of nitrogens with zero attached hydrogens (tertiary/aromatic N) is 1. The molecule has 0 aliphatic carbocycles. The number of hydrogen-bond donors (Lipinski definition) is 1. The van der Waals surface area contributed by atoms with Gasteiger partial charge in [0.15, 0.2) is 5.90 Å². The Morgan fingerprint density at radius 1 is 1.12 bits per heavy atom. The molecular formula is C28H38N2O3. The lowest BCUT2D eigenvalue weighted by Crippen LogP contribution is -2.31. The van der Waals surface area contributed by atoms with Crippen molar-refractivity contribution in [3.8, 4) is 5.75 Å². The molecule has 2 aromatic rings. The predicted molar refractivity (Wildman–Crippen MR) is 135 cm³/mol. The van der Waals surface area contributed by atoms with E-state index in [2.05, 4.69) is 62.3 Å². The number of amides is 1. The molecule has 0 fully saturated rings. The number of anilines is 1. The van der Waals surface area contributed by atoms with E-state index in [1.54, 1.807) is 0 Å². The van der Waals surface area contributed by atoms with E-state index in [1.165, 1.54) is 5.56 Å². The van der Waals surface area contributed by atoms with Crippen LogP contribution in [0, 0.1) is 26.2 Å². The standard InChI is InChI=1S/C28H38N2O3/c1-19-9-10-21(3)24(15-19)32-14-8-13-27(4,5)26(31)29-23-16-22(12-11-20(23)2)17-25-30-28(6,7)18-33-25/h9-12,15-16H,8,13-14,17-18H2,1-7H3,(H,29,31). The van der Waals surface area contributed by atoms with Gasteiger partial charge in [-0.15, -0.1) is 0 Å². The molecule has 0 aromatic heterocycles. The van der Waals surface area contributed by atoms with Crippen LogP contribution >= 0.6 is 0 Å². The summed E-state index contributed by atoms with van der Waals surface area (Å²) in [5.74, 6) is 1.69. The summed E-state index contributed by atoms with van der Waals surface area (Å²) in [6.45, 7) is 15.4. The molecule has 1 N–H and O–H groups in total. The van der Waals surface area contributed by atoms with Crippen LogP contribution in [0.15, 0.2) is 41.4 Å². The fourth-order valence-corrected chi connectivity index (χ4v) is 3.81. The first-order valence-electron chi connectivity index (χ1n) is 11.8. The lowest BCUT2D eigenvalue weighted by Gasteiger charge is -2.24. The maximum absolute atomic E-state index is 13.1. The molecular weight excluding hydrogens is 412 g/mol. The molecule has 178 valence electrons. The van der Waals surface area contributed by atoms with Gasteiger partial charge in [-0.25, -0.2) is 4.99 Å². The van der Waals surface area contributed by atoms with Gasteiger partial charge in [0, 0.05) is 17.5 Å². The minimum atomic E-state index is -0.504. The maximum Gasteiger partial charge on any atom is 0.230 e. The molecule has 1 amide bonds. The zero-order chi connectivity index (χ0) is 24.2. The van der Waals surface area contributed by atoms with E-state index < -0.39 is 5.41 Å². The second-order valence-electron chi connectivity index (χ2n) is 10.5. The third-order valence-electron chi connectivity index (χ3n) is 6.09. The van der Waals surface area contributed by atoms with Crippen molar-refractivity contribution in [2.24, 2.45) is 10.4 Å². The zero-order valence-electron chi connectivity index (χ0n) is 21.2. The van der Waals surface area contributed by atoms with Crippen molar-refractivity contribution in [2.45, 2.75) is 73.3 Å². The first kappa shape index (κ1) is 24.8. The first-order chi connectivity index (χ1) is 15.4. The van der Waals surface area contributed by atoms with Gasteiger partial charge in [0.2, 0.25) is 5.91 Å². The lowest BCUT2D eigenvalue weighted by atomic mass is 9.86. The highest BCUT2D eigenvalue weighted by atomic mass is 16.5. The van der Waals surface area contributed by atoms with Crippen LogP contribution in [-0.4, -0.2) is 30.6 Å². The van der Waals surface area contributed by atoms with Crippen molar-refractivity contribution in [3.05, 3.63) is 58.7 Å². The van der Waals surface area contributed by atoms with Crippen LogP contribution in [-0.2, 0) is 16.0 Å². The van der Waals surface area contributed by atoms with E-state index in [1.807, 2.05) is 32.9 Å². The van der Waals surface area contributed by atoms with Gasteiger partial charge < -0.3 is 14.8 Å². The molecule has 0 saturated carbocycles. The Hall–Kier alpha value is -2.82. The van der Waals surface area contributed by atoms with Crippen LogP contribution in [0.2, 0.25) is 0 Å². The summed E-state index contributed by atoms with van der Waals surface area (Å²) >= 11 is 0. The molecule has 5 nitrogen and oxygen atoms in total. The predicted octanol–water partition coefficient (Wildman–Crippen LogP) is 6.19. The second kappa shape index (κ2) is 9.98. The molecule has 1 aliphatic rings. The topological polar surface area (TPSA) is 59.9 Å². The molecule has 0 unspecified atom stereocenters. The Morgan fingerprint density at radius 2 is 1.85 bits per heavy atom. The molecule has 5 heteroatoms. The van der Waals surface area contributed by atoms with Crippen molar-refractivity contribution >= 4 is 17.5 Å². The van der Waals surface area contributed by atoms with Crippen LogP contribution in [0.4, 0.5) is 5.69 Å². The summed E-state index contributed by atoms with van der Waals surface area (Å²) in [7, 11) is 0. The zero-order valence-corrected chi connectivity index (χ0v) is 21.2. The largest absolute Gasteiger partial charge is 0.493 e. The average Bonchev–Trinajstić information content (AvgIpc) is 3.08. The maximum atomic E-state index is 13.1. The number of ether oxygens (including phenoxy) is 2. The molecule has 1 heterocycles. The van der Waals surface area contributed by atoms with Gasteiger partial charge in [0.25, 0.3) is 0 Å². The highest BCUT2D eigenvalue weighted by Gasteiger charge is 2.28. The molecule has 0 spiro atoms. The van der Waals surface area contributed by atoms with Gasteiger partial charge in [-0.3, -0.25) is 4.79 Å². The summed E-state index contributed by atoms with van der Waals surface area (Å²) in [6, 6.07) is 12.4. The van der Waals surface area contributed by atoms with Crippen molar-refractivity contribution in [1.29, 1.82) is 0 Å². The fourth-order valence-electron chi connectivity index (χ4n) is 3.81. The fraction of sp³-hybridized carbons (Fsp3) is 0.500. The second-order valence-corrected chi connectivity index (χ2v) is 10.5. The van der Waals surface area contributed by atoms with E-state index >= 15 is 0 Å². The van der Waals surface area contributed by atoms with Crippen LogP contribution in [0.1, 0.15) is 62.8 Å². The monoisotopic (exact) mass is 450 g/mol. The number of aliphatic imine (C=N–C) groups is 1. The molecule has 0 bridgehead atoms. The van der Waals surface area contributed by atoms with Crippen molar-refractivity contribution in [2.75, 3.05) is 18.5 Å². The number of benzene rings is 2. The van der Waals surface area contributed by atoms with E-state index in [4.69, 9.17) is 9.47 Å². The van der Waals surface area contributed by atoms with Crippen molar-refractivity contribution < 1.29 is 14.3 Å². The third kappa shape index (κ3) is 6.83.